The zero-order valence-electron chi connectivity index (χ0n) is 13.7. The van der Waals surface area contributed by atoms with Gasteiger partial charge in [-0.3, -0.25) is 0 Å². The Labute approximate surface area is 160 Å². The first kappa shape index (κ1) is 18.7. The van der Waals surface area contributed by atoms with E-state index in [1.54, 1.807) is 5.94 Å². The monoisotopic (exact) mass is 440 g/mol. The molecule has 0 saturated carbocycles. The number of hydrogen-bond donors (Lipinski definition) is 4. The molecule has 0 aliphatic carbocycles. The van der Waals surface area contributed by atoms with Crippen LogP contribution in [0.25, 0.3) is 0 Å². The highest BCUT2D eigenvalue weighted by Crippen LogP contribution is 2.21. The number of oxime groups is 1. The molecule has 0 radical (unpaired) electrons. The summed E-state index contributed by atoms with van der Waals surface area (Å²) in [6.07, 6.45) is 0.613. The molecule has 1 aliphatic heterocycles. The van der Waals surface area contributed by atoms with Crippen molar-refractivity contribution in [2.45, 2.75) is 12.5 Å². The van der Waals surface area contributed by atoms with Crippen LogP contribution in [0, 0.1) is 5.82 Å². The maximum absolute atomic E-state index is 13.3. The van der Waals surface area contributed by atoms with Crippen molar-refractivity contribution in [2.24, 2.45) is 5.16 Å². The number of hydrogen-bond acceptors (Lipinski definition) is 9. The molecule has 10 nitrogen and oxygen atoms in total. The number of aromatic nitrogens is 2. The minimum atomic E-state index is -0.425. The van der Waals surface area contributed by atoms with E-state index in [4.69, 9.17) is 9.37 Å². The number of benzene rings is 1. The summed E-state index contributed by atoms with van der Waals surface area (Å²) >= 11 is 3.08. The molecule has 1 saturated heterocycles. The second kappa shape index (κ2) is 8.52. The SMILES string of the molecule is O=C=C1NC(CCNc2nonc2C(=NO)Nc2ccc(F)c(Br)c2)CO1. The molecular weight excluding hydrogens is 427 g/mol. The summed E-state index contributed by atoms with van der Waals surface area (Å²) in [5, 5.41) is 28.6. The third-order valence-electron chi connectivity index (χ3n) is 3.64. The lowest BCUT2D eigenvalue weighted by molar-refractivity contribution is 0.255. The molecule has 27 heavy (non-hydrogen) atoms. The largest absolute Gasteiger partial charge is 0.469 e. The Morgan fingerprint density at radius 2 is 2.37 bits per heavy atom. The first-order chi connectivity index (χ1) is 13.1. The number of anilines is 2. The van der Waals surface area contributed by atoms with E-state index >= 15 is 0 Å². The van der Waals surface area contributed by atoms with Crippen molar-refractivity contribution >= 4 is 39.2 Å². The van der Waals surface area contributed by atoms with Crippen molar-refractivity contribution in [1.82, 2.24) is 15.6 Å². The third-order valence-corrected chi connectivity index (χ3v) is 4.24. The quantitative estimate of drug-likeness (QED) is 0.174. The highest BCUT2D eigenvalue weighted by molar-refractivity contribution is 9.10. The van der Waals surface area contributed by atoms with E-state index in [2.05, 4.69) is 47.3 Å². The van der Waals surface area contributed by atoms with Crippen molar-refractivity contribution in [2.75, 3.05) is 23.8 Å². The lowest BCUT2D eigenvalue weighted by atomic mass is 10.2. The Hall–Kier alpha value is -3.11. The van der Waals surface area contributed by atoms with Crippen molar-refractivity contribution < 1.29 is 23.8 Å². The van der Waals surface area contributed by atoms with E-state index in [0.29, 0.717) is 25.3 Å². The van der Waals surface area contributed by atoms with E-state index in [9.17, 15) is 14.4 Å². The highest BCUT2D eigenvalue weighted by Gasteiger charge is 2.21. The van der Waals surface area contributed by atoms with Gasteiger partial charge in [0.1, 0.15) is 12.4 Å². The van der Waals surface area contributed by atoms with Crippen molar-refractivity contribution in [3.8, 4) is 0 Å². The van der Waals surface area contributed by atoms with Crippen LogP contribution >= 0.6 is 15.9 Å². The highest BCUT2D eigenvalue weighted by atomic mass is 79.9. The molecule has 2 heterocycles. The van der Waals surface area contributed by atoms with E-state index in [-0.39, 0.29) is 33.7 Å². The van der Waals surface area contributed by atoms with Crippen molar-refractivity contribution in [3.05, 3.63) is 40.1 Å². The Bertz CT molecular complexity index is 898. The summed E-state index contributed by atoms with van der Waals surface area (Å²) in [7, 11) is 0. The number of nitrogens with one attached hydrogen (secondary N) is 3. The Morgan fingerprint density at radius 1 is 1.52 bits per heavy atom. The number of nitrogens with zero attached hydrogens (tertiary/aromatic N) is 3. The first-order valence-electron chi connectivity index (χ1n) is 7.76. The predicted molar refractivity (Wildman–Crippen MR) is 95.5 cm³/mol. The molecule has 0 bridgehead atoms. The van der Waals surface area contributed by atoms with E-state index < -0.39 is 5.82 Å². The summed E-state index contributed by atoms with van der Waals surface area (Å²) in [5.41, 5.74) is 0.604. The smallest absolute Gasteiger partial charge is 0.275 e. The van der Waals surface area contributed by atoms with Crippen molar-refractivity contribution in [1.29, 1.82) is 0 Å². The minimum Gasteiger partial charge on any atom is -0.469 e. The summed E-state index contributed by atoms with van der Waals surface area (Å²) in [4.78, 5) is 10.5. The van der Waals surface area contributed by atoms with Gasteiger partial charge in [-0.2, -0.15) is 0 Å². The number of carbonyl (C=O) groups excluding carboxylic acids is 1. The van der Waals surface area contributed by atoms with Gasteiger partial charge in [-0.05, 0) is 50.9 Å². The van der Waals surface area contributed by atoms with Crippen LogP contribution in [0.2, 0.25) is 0 Å². The van der Waals surface area contributed by atoms with Gasteiger partial charge in [-0.25, -0.2) is 13.8 Å². The number of amidine groups is 1. The molecule has 2 aromatic rings. The van der Waals surface area contributed by atoms with Gasteiger partial charge in [0, 0.05) is 12.2 Å². The molecule has 1 aliphatic rings. The standard InChI is InChI=1S/C15H14BrFN6O4/c16-10-5-8(1-2-11(10)17)20-15(21-25)13-14(23-27-22-13)18-4-3-9-7-26-12(6-24)19-9/h1-2,5,9,19,25H,3-4,7H2,(H,18,23)(H,20,21). The van der Waals surface area contributed by atoms with Crippen LogP contribution in [0.15, 0.2) is 38.3 Å². The molecule has 1 unspecified atom stereocenters. The minimum absolute atomic E-state index is 0.0363. The molecule has 1 atom stereocenters. The van der Waals surface area contributed by atoms with Gasteiger partial charge < -0.3 is 25.9 Å². The average Bonchev–Trinajstić information content (AvgIpc) is 3.32. The maximum atomic E-state index is 13.3. The zero-order valence-corrected chi connectivity index (χ0v) is 15.3. The normalized spacial score (nSPS) is 16.4. The van der Waals surface area contributed by atoms with Gasteiger partial charge >= 0.3 is 0 Å². The first-order valence-corrected chi connectivity index (χ1v) is 8.55. The van der Waals surface area contributed by atoms with Crippen LogP contribution in [0.4, 0.5) is 15.9 Å². The van der Waals surface area contributed by atoms with E-state index in [1.165, 1.54) is 18.2 Å². The molecule has 1 fully saturated rings. The van der Waals surface area contributed by atoms with Gasteiger partial charge in [0.05, 0.1) is 10.5 Å². The Morgan fingerprint density at radius 3 is 3.07 bits per heavy atom. The Balaban J connectivity index is 1.62. The topological polar surface area (TPSA) is 134 Å². The molecule has 1 aromatic heterocycles. The van der Waals surface area contributed by atoms with Gasteiger partial charge in [0.25, 0.3) is 5.88 Å². The zero-order chi connectivity index (χ0) is 19.2. The van der Waals surface area contributed by atoms with E-state index in [0.717, 1.165) is 0 Å². The number of rotatable bonds is 6. The fraction of sp³-hybridized carbons (Fsp3) is 0.267. The fourth-order valence-electron chi connectivity index (χ4n) is 2.33. The summed E-state index contributed by atoms with van der Waals surface area (Å²) < 4.78 is 23.4. The van der Waals surface area contributed by atoms with Gasteiger partial charge in [-0.15, -0.1) is 0 Å². The fourth-order valence-corrected chi connectivity index (χ4v) is 2.71. The van der Waals surface area contributed by atoms with Crippen molar-refractivity contribution in [3.63, 3.8) is 0 Å². The van der Waals surface area contributed by atoms with Gasteiger partial charge in [-0.1, -0.05) is 5.16 Å². The molecule has 0 spiro atoms. The van der Waals surface area contributed by atoms with Crippen LogP contribution in [-0.4, -0.2) is 46.5 Å². The molecule has 4 N–H and O–H groups in total. The van der Waals surface area contributed by atoms with Crippen LogP contribution in [0.1, 0.15) is 12.1 Å². The second-order valence-electron chi connectivity index (χ2n) is 5.46. The van der Waals surface area contributed by atoms with Crippen LogP contribution < -0.4 is 16.0 Å². The van der Waals surface area contributed by atoms with E-state index in [1.807, 2.05) is 0 Å². The van der Waals surface area contributed by atoms with Crippen LogP contribution in [0.3, 0.4) is 0 Å². The molecule has 0 amide bonds. The maximum Gasteiger partial charge on any atom is 0.275 e. The lowest BCUT2D eigenvalue weighted by Gasteiger charge is -2.10. The summed E-state index contributed by atoms with van der Waals surface area (Å²) in [5.74, 6) is 1.54. The third kappa shape index (κ3) is 4.54. The molecule has 142 valence electrons. The van der Waals surface area contributed by atoms with Gasteiger partial charge in [0.2, 0.25) is 11.7 Å². The predicted octanol–water partition coefficient (Wildman–Crippen LogP) is 1.68. The van der Waals surface area contributed by atoms with Crippen LogP contribution in [0.5, 0.6) is 0 Å². The lowest BCUT2D eigenvalue weighted by Crippen LogP contribution is -2.26. The molecule has 12 heteroatoms. The number of ether oxygens (including phenoxy) is 1. The molecule has 3 rings (SSSR count). The van der Waals surface area contributed by atoms with Gasteiger partial charge in [0.15, 0.2) is 11.6 Å². The second-order valence-corrected chi connectivity index (χ2v) is 6.32. The summed E-state index contributed by atoms with van der Waals surface area (Å²) in [6, 6.07) is 4.15. The van der Waals surface area contributed by atoms with Crippen LogP contribution in [-0.2, 0) is 9.53 Å². The molecule has 1 aromatic carbocycles. The Kier molecular flexibility index (Phi) is 5.89. The average molecular weight is 441 g/mol. The number of halogens is 2. The summed E-state index contributed by atoms with van der Waals surface area (Å²) in [6.45, 7) is 0.815. The molecular formula is C15H14BrFN6O4.